The summed E-state index contributed by atoms with van der Waals surface area (Å²) < 4.78 is 0. The predicted octanol–water partition coefficient (Wildman–Crippen LogP) is 2.56. The SMILES string of the molecule is CCC1CCC(CNC(=O)C2CNCC(C)C2)CC1. The van der Waals surface area contributed by atoms with Gasteiger partial charge in [-0.25, -0.2) is 0 Å². The van der Waals surface area contributed by atoms with Crippen LogP contribution in [0.15, 0.2) is 0 Å². The Balaban J connectivity index is 1.66. The molecular weight excluding hydrogens is 236 g/mol. The zero-order chi connectivity index (χ0) is 13.7. The van der Waals surface area contributed by atoms with Crippen molar-refractivity contribution < 1.29 is 4.79 Å². The van der Waals surface area contributed by atoms with Crippen molar-refractivity contribution in [3.05, 3.63) is 0 Å². The van der Waals surface area contributed by atoms with E-state index in [1.54, 1.807) is 0 Å². The Morgan fingerprint density at radius 2 is 1.84 bits per heavy atom. The molecule has 0 aromatic heterocycles. The minimum atomic E-state index is 0.190. The van der Waals surface area contributed by atoms with E-state index in [1.807, 2.05) is 0 Å². The highest BCUT2D eigenvalue weighted by Crippen LogP contribution is 2.30. The minimum absolute atomic E-state index is 0.190. The van der Waals surface area contributed by atoms with Gasteiger partial charge in [0.1, 0.15) is 0 Å². The van der Waals surface area contributed by atoms with Crippen molar-refractivity contribution >= 4 is 5.91 Å². The largest absolute Gasteiger partial charge is 0.356 e. The molecule has 0 spiro atoms. The summed E-state index contributed by atoms with van der Waals surface area (Å²) in [5.74, 6) is 2.76. The molecule has 1 aliphatic heterocycles. The molecule has 1 aliphatic carbocycles. The molecule has 2 rings (SSSR count). The van der Waals surface area contributed by atoms with Gasteiger partial charge in [-0.2, -0.15) is 0 Å². The number of rotatable bonds is 4. The number of piperidine rings is 1. The Kier molecular flexibility index (Phi) is 5.68. The molecule has 1 saturated carbocycles. The van der Waals surface area contributed by atoms with E-state index < -0.39 is 0 Å². The van der Waals surface area contributed by atoms with Gasteiger partial charge >= 0.3 is 0 Å². The van der Waals surface area contributed by atoms with Gasteiger partial charge in [0.2, 0.25) is 5.91 Å². The molecule has 2 atom stereocenters. The first-order chi connectivity index (χ1) is 9.19. The topological polar surface area (TPSA) is 41.1 Å². The molecule has 110 valence electrons. The van der Waals surface area contributed by atoms with Crippen molar-refractivity contribution in [2.24, 2.45) is 23.7 Å². The fraction of sp³-hybridized carbons (Fsp3) is 0.938. The van der Waals surface area contributed by atoms with Gasteiger partial charge in [0, 0.05) is 13.1 Å². The standard InChI is InChI=1S/C16H30N2O/c1-3-13-4-6-14(7-5-13)10-18-16(19)15-8-12(2)9-17-11-15/h12-15,17H,3-11H2,1-2H3,(H,18,19). The zero-order valence-corrected chi connectivity index (χ0v) is 12.6. The van der Waals surface area contributed by atoms with Crippen LogP contribution in [-0.2, 0) is 4.79 Å². The van der Waals surface area contributed by atoms with Crippen molar-refractivity contribution in [1.82, 2.24) is 10.6 Å². The smallest absolute Gasteiger partial charge is 0.224 e. The highest BCUT2D eigenvalue weighted by molar-refractivity contribution is 5.79. The highest BCUT2D eigenvalue weighted by Gasteiger charge is 2.26. The van der Waals surface area contributed by atoms with E-state index in [0.717, 1.165) is 37.9 Å². The Labute approximate surface area is 117 Å². The summed E-state index contributed by atoms with van der Waals surface area (Å²) in [6.45, 7) is 7.34. The summed E-state index contributed by atoms with van der Waals surface area (Å²) in [4.78, 5) is 12.2. The van der Waals surface area contributed by atoms with Gasteiger partial charge in [0.05, 0.1) is 5.92 Å². The Hall–Kier alpha value is -0.570. The third-order valence-corrected chi connectivity index (χ3v) is 5.05. The minimum Gasteiger partial charge on any atom is -0.356 e. The molecule has 2 fully saturated rings. The van der Waals surface area contributed by atoms with Gasteiger partial charge < -0.3 is 10.6 Å². The van der Waals surface area contributed by atoms with Crippen LogP contribution in [0.5, 0.6) is 0 Å². The first kappa shape index (κ1) is 14.8. The fourth-order valence-corrected chi connectivity index (χ4v) is 3.59. The number of carbonyl (C=O) groups excluding carboxylic acids is 1. The van der Waals surface area contributed by atoms with E-state index >= 15 is 0 Å². The molecule has 0 radical (unpaired) electrons. The van der Waals surface area contributed by atoms with Crippen LogP contribution in [0.4, 0.5) is 0 Å². The number of hydrogen-bond acceptors (Lipinski definition) is 2. The first-order valence-electron chi connectivity index (χ1n) is 8.17. The third kappa shape index (κ3) is 4.48. The van der Waals surface area contributed by atoms with Crippen molar-refractivity contribution in [2.75, 3.05) is 19.6 Å². The number of amides is 1. The molecular formula is C16H30N2O. The fourth-order valence-electron chi connectivity index (χ4n) is 3.59. The first-order valence-corrected chi connectivity index (χ1v) is 8.17. The van der Waals surface area contributed by atoms with Crippen LogP contribution in [0.2, 0.25) is 0 Å². The highest BCUT2D eigenvalue weighted by atomic mass is 16.1. The second-order valence-corrected chi connectivity index (χ2v) is 6.74. The summed E-state index contributed by atoms with van der Waals surface area (Å²) in [5, 5.41) is 6.55. The lowest BCUT2D eigenvalue weighted by atomic mass is 9.81. The second-order valence-electron chi connectivity index (χ2n) is 6.74. The molecule has 3 nitrogen and oxygen atoms in total. The van der Waals surface area contributed by atoms with Crippen LogP contribution in [0.25, 0.3) is 0 Å². The summed E-state index contributed by atoms with van der Waals surface area (Å²) >= 11 is 0. The lowest BCUT2D eigenvalue weighted by Gasteiger charge is -2.30. The number of nitrogens with one attached hydrogen (secondary N) is 2. The quantitative estimate of drug-likeness (QED) is 0.821. The van der Waals surface area contributed by atoms with E-state index in [1.165, 1.54) is 32.1 Å². The molecule has 19 heavy (non-hydrogen) atoms. The second kappa shape index (κ2) is 7.28. The molecule has 1 heterocycles. The van der Waals surface area contributed by atoms with Gasteiger partial charge in [0.15, 0.2) is 0 Å². The van der Waals surface area contributed by atoms with Crippen LogP contribution in [0.1, 0.15) is 52.4 Å². The molecule has 1 saturated heterocycles. The lowest BCUT2D eigenvalue weighted by Crippen LogP contribution is -2.44. The average molecular weight is 266 g/mol. The van der Waals surface area contributed by atoms with Crippen molar-refractivity contribution in [2.45, 2.75) is 52.4 Å². The molecule has 0 aromatic rings. The van der Waals surface area contributed by atoms with Crippen LogP contribution < -0.4 is 10.6 Å². The maximum absolute atomic E-state index is 12.2. The lowest BCUT2D eigenvalue weighted by molar-refractivity contribution is -0.126. The van der Waals surface area contributed by atoms with Crippen LogP contribution in [0, 0.1) is 23.7 Å². The molecule has 1 amide bonds. The summed E-state index contributed by atoms with van der Waals surface area (Å²) in [6, 6.07) is 0. The molecule has 3 heteroatoms. The van der Waals surface area contributed by atoms with Crippen molar-refractivity contribution in [1.29, 1.82) is 0 Å². The summed E-state index contributed by atoms with van der Waals surface area (Å²) in [5.41, 5.74) is 0. The van der Waals surface area contributed by atoms with Gasteiger partial charge in [-0.3, -0.25) is 4.79 Å². The molecule has 0 bridgehead atoms. The van der Waals surface area contributed by atoms with Crippen molar-refractivity contribution in [3.63, 3.8) is 0 Å². The Morgan fingerprint density at radius 1 is 1.16 bits per heavy atom. The molecule has 2 unspecified atom stereocenters. The van der Waals surface area contributed by atoms with E-state index in [9.17, 15) is 4.79 Å². The van der Waals surface area contributed by atoms with Gasteiger partial charge in [0.25, 0.3) is 0 Å². The van der Waals surface area contributed by atoms with Crippen LogP contribution in [-0.4, -0.2) is 25.5 Å². The summed E-state index contributed by atoms with van der Waals surface area (Å²) in [6.07, 6.45) is 7.69. The van der Waals surface area contributed by atoms with Crippen molar-refractivity contribution in [3.8, 4) is 0 Å². The number of hydrogen-bond donors (Lipinski definition) is 2. The molecule has 2 aliphatic rings. The Morgan fingerprint density at radius 3 is 2.47 bits per heavy atom. The third-order valence-electron chi connectivity index (χ3n) is 5.05. The van der Waals surface area contributed by atoms with Crippen LogP contribution >= 0.6 is 0 Å². The maximum atomic E-state index is 12.2. The monoisotopic (exact) mass is 266 g/mol. The predicted molar refractivity (Wildman–Crippen MR) is 78.9 cm³/mol. The Bertz CT molecular complexity index is 284. The normalized spacial score (nSPS) is 35.9. The van der Waals surface area contributed by atoms with E-state index in [4.69, 9.17) is 0 Å². The molecule has 0 aromatic carbocycles. The van der Waals surface area contributed by atoms with Gasteiger partial charge in [-0.05, 0) is 43.6 Å². The van der Waals surface area contributed by atoms with E-state index in [0.29, 0.717) is 5.92 Å². The van der Waals surface area contributed by atoms with E-state index in [-0.39, 0.29) is 11.8 Å². The van der Waals surface area contributed by atoms with E-state index in [2.05, 4.69) is 24.5 Å². The summed E-state index contributed by atoms with van der Waals surface area (Å²) in [7, 11) is 0. The number of carbonyl (C=O) groups is 1. The maximum Gasteiger partial charge on any atom is 0.224 e. The average Bonchev–Trinajstić information content (AvgIpc) is 2.45. The zero-order valence-electron chi connectivity index (χ0n) is 12.6. The van der Waals surface area contributed by atoms with Gasteiger partial charge in [-0.15, -0.1) is 0 Å². The van der Waals surface area contributed by atoms with Crippen LogP contribution in [0.3, 0.4) is 0 Å². The van der Waals surface area contributed by atoms with Gasteiger partial charge in [-0.1, -0.05) is 33.1 Å². The molecule has 2 N–H and O–H groups in total.